The summed E-state index contributed by atoms with van der Waals surface area (Å²) in [5.74, 6) is -0.995. The number of nitrogens with two attached hydrogens (primary N) is 2. The van der Waals surface area contributed by atoms with Crippen LogP contribution >= 0.6 is 0 Å². The van der Waals surface area contributed by atoms with Gasteiger partial charge in [-0.2, -0.15) is 4.99 Å². The molecular weight excluding hydrogens is 481 g/mol. The molecule has 0 saturated carbocycles. The van der Waals surface area contributed by atoms with Crippen molar-refractivity contribution < 1.29 is 65.8 Å². The van der Waals surface area contributed by atoms with Gasteiger partial charge < -0.3 is 30.8 Å². The second-order valence-corrected chi connectivity index (χ2v) is 8.37. The van der Waals surface area contributed by atoms with E-state index in [0.717, 1.165) is 36.9 Å². The number of guanidine groups is 1. The van der Waals surface area contributed by atoms with E-state index < -0.39 is 29.0 Å². The summed E-state index contributed by atoms with van der Waals surface area (Å²) < 4.78 is 45.2. The summed E-state index contributed by atoms with van der Waals surface area (Å²) in [6, 6.07) is 1.75. The van der Waals surface area contributed by atoms with Crippen molar-refractivity contribution in [2.75, 3.05) is 33.0 Å². The van der Waals surface area contributed by atoms with Gasteiger partial charge in [0, 0.05) is 12.5 Å². The normalized spacial score (nSPS) is 15.3. The average molecular weight is 510 g/mol. The van der Waals surface area contributed by atoms with Crippen LogP contribution in [0.1, 0.15) is 52.5 Å². The molecule has 0 fully saturated rings. The third kappa shape index (κ3) is 10.6. The van der Waals surface area contributed by atoms with E-state index in [4.69, 9.17) is 20.9 Å². The van der Waals surface area contributed by atoms with Crippen LogP contribution in [0.5, 0.6) is 0 Å². The number of aliphatic imine (C=N–C) groups is 1. The third-order valence-electron chi connectivity index (χ3n) is 4.81. The molecule has 0 saturated heterocycles. The first-order valence-corrected chi connectivity index (χ1v) is 11.6. The summed E-state index contributed by atoms with van der Waals surface area (Å²) >= 11 is 0. The van der Waals surface area contributed by atoms with Crippen LogP contribution in [-0.2, 0) is 30.5 Å². The van der Waals surface area contributed by atoms with Crippen LogP contribution in [0, 0.1) is 6.92 Å². The molecule has 0 aliphatic heterocycles. The number of carbonyl (C=O) groups is 2. The van der Waals surface area contributed by atoms with Gasteiger partial charge in [-0.1, -0.05) is 6.42 Å². The SMILES string of the molecule is Cc1nc2c(cc1C(=O)N=C(N)N)CCCCC2COC(=O)NCCOCCOS(=O)(=O)[O-].[Na+]. The largest absolute Gasteiger partial charge is 1.00 e. The number of carbonyl (C=O) groups excluding carboxylic acids is 2. The summed E-state index contributed by atoms with van der Waals surface area (Å²) in [6.45, 7) is 1.50. The Labute approximate surface area is 220 Å². The predicted molar refractivity (Wildman–Crippen MR) is 115 cm³/mol. The molecule has 0 radical (unpaired) electrons. The zero-order valence-corrected chi connectivity index (χ0v) is 22.1. The molecule has 15 heteroatoms. The maximum atomic E-state index is 12.2. The number of aryl methyl sites for hydroxylation is 2. The number of aromatic nitrogens is 1. The molecule has 1 unspecified atom stereocenters. The van der Waals surface area contributed by atoms with Crippen molar-refractivity contribution in [1.29, 1.82) is 0 Å². The number of ether oxygens (including phenoxy) is 2. The average Bonchev–Trinajstić information content (AvgIpc) is 2.91. The molecule has 2 rings (SSSR count). The van der Waals surface area contributed by atoms with Gasteiger partial charge in [0.1, 0.15) is 6.61 Å². The number of nitrogens with zero attached hydrogens (tertiary/aromatic N) is 2. The van der Waals surface area contributed by atoms with Crippen LogP contribution in [0.4, 0.5) is 4.79 Å². The fourth-order valence-electron chi connectivity index (χ4n) is 3.37. The second kappa shape index (κ2) is 14.6. The Kier molecular flexibility index (Phi) is 12.9. The minimum absolute atomic E-state index is 0. The number of amides is 2. The van der Waals surface area contributed by atoms with E-state index in [-0.39, 0.29) is 67.8 Å². The van der Waals surface area contributed by atoms with Crippen LogP contribution in [0.15, 0.2) is 11.1 Å². The summed E-state index contributed by atoms with van der Waals surface area (Å²) in [6.07, 6.45) is 2.70. The maximum absolute atomic E-state index is 12.2. The number of rotatable bonds is 10. The van der Waals surface area contributed by atoms with Crippen LogP contribution < -0.4 is 46.3 Å². The van der Waals surface area contributed by atoms with Crippen molar-refractivity contribution in [2.45, 2.75) is 38.5 Å². The van der Waals surface area contributed by atoms with E-state index in [1.54, 1.807) is 13.0 Å². The second-order valence-electron chi connectivity index (χ2n) is 7.32. The Balaban J connectivity index is 0.00000578. The van der Waals surface area contributed by atoms with Gasteiger partial charge in [-0.25, -0.2) is 13.2 Å². The topological polar surface area (TPSA) is 208 Å². The zero-order chi connectivity index (χ0) is 24.4. The summed E-state index contributed by atoms with van der Waals surface area (Å²) in [4.78, 5) is 32.4. The van der Waals surface area contributed by atoms with Crippen molar-refractivity contribution in [3.63, 3.8) is 0 Å². The van der Waals surface area contributed by atoms with Gasteiger partial charge in [0.25, 0.3) is 5.91 Å². The molecule has 1 aliphatic rings. The first kappa shape index (κ1) is 30.2. The van der Waals surface area contributed by atoms with Gasteiger partial charge in [0.15, 0.2) is 5.96 Å². The smallest absolute Gasteiger partial charge is 0.726 e. The van der Waals surface area contributed by atoms with Crippen LogP contribution in [0.2, 0.25) is 0 Å². The van der Waals surface area contributed by atoms with Gasteiger partial charge in [-0.3, -0.25) is 14.0 Å². The van der Waals surface area contributed by atoms with Crippen molar-refractivity contribution in [2.24, 2.45) is 16.5 Å². The summed E-state index contributed by atoms with van der Waals surface area (Å²) in [5, 5.41) is 2.51. The number of pyridine rings is 1. The first-order valence-electron chi connectivity index (χ1n) is 10.3. The van der Waals surface area contributed by atoms with Gasteiger partial charge >= 0.3 is 35.7 Å². The minimum atomic E-state index is -4.74. The van der Waals surface area contributed by atoms with Crippen molar-refractivity contribution in [3.05, 3.63) is 28.6 Å². The van der Waals surface area contributed by atoms with E-state index in [2.05, 4.69) is 19.5 Å². The van der Waals surface area contributed by atoms with Crippen LogP contribution in [0.3, 0.4) is 0 Å². The zero-order valence-electron chi connectivity index (χ0n) is 19.2. The Bertz CT molecular complexity index is 985. The predicted octanol–water partition coefficient (Wildman–Crippen LogP) is -3.16. The molecule has 1 aromatic rings. The minimum Gasteiger partial charge on any atom is -0.726 e. The Hall–Kier alpha value is -1.81. The molecule has 1 atom stereocenters. The fourth-order valence-corrected chi connectivity index (χ4v) is 3.64. The number of hydrogen-bond donors (Lipinski definition) is 3. The quantitative estimate of drug-likeness (QED) is 0.0545. The van der Waals surface area contributed by atoms with Crippen molar-refractivity contribution in [1.82, 2.24) is 10.3 Å². The van der Waals surface area contributed by atoms with E-state index in [1.165, 1.54) is 0 Å². The standard InChI is InChI=1S/C19H29N5O8S.Na/c1-12-15(17(25)24-18(20)21)10-13-4-2-3-5-14(16(13)23-12)11-31-19(26)22-6-7-30-8-9-32-33(27,28)29;/h10,14H,2-9,11H2,1H3,(H,22,26)(H,27,28,29)(H4,20,21,24,25);/q;+1/p-1. The van der Waals surface area contributed by atoms with E-state index in [9.17, 15) is 22.6 Å². The molecular formula is C19H28N5NaO8S. The van der Waals surface area contributed by atoms with Crippen LogP contribution in [0.25, 0.3) is 0 Å². The third-order valence-corrected chi connectivity index (χ3v) is 5.26. The molecule has 184 valence electrons. The van der Waals surface area contributed by atoms with Gasteiger partial charge in [0.05, 0.1) is 36.8 Å². The van der Waals surface area contributed by atoms with Gasteiger partial charge in [0.2, 0.25) is 10.4 Å². The number of fused-ring (bicyclic) bond motifs is 1. The van der Waals surface area contributed by atoms with E-state index in [0.29, 0.717) is 11.3 Å². The molecule has 0 bridgehead atoms. The number of nitrogens with one attached hydrogen (secondary N) is 1. The molecule has 1 heterocycles. The number of alkyl carbamates (subject to hydrolysis) is 1. The Morgan fingerprint density at radius 1 is 1.26 bits per heavy atom. The molecule has 5 N–H and O–H groups in total. The maximum Gasteiger partial charge on any atom is 1.00 e. The van der Waals surface area contributed by atoms with Crippen LogP contribution in [-0.4, -0.2) is 68.9 Å². The summed E-state index contributed by atoms with van der Waals surface area (Å²) in [5.41, 5.74) is 13.1. The van der Waals surface area contributed by atoms with Gasteiger partial charge in [-0.15, -0.1) is 0 Å². The first-order chi connectivity index (χ1) is 15.6. The molecule has 2 amide bonds. The van der Waals surface area contributed by atoms with Crippen molar-refractivity contribution in [3.8, 4) is 0 Å². The van der Waals surface area contributed by atoms with E-state index in [1.807, 2.05) is 0 Å². The number of hydrogen-bond acceptors (Lipinski definition) is 9. The van der Waals surface area contributed by atoms with Gasteiger partial charge in [-0.05, 0) is 37.8 Å². The molecule has 0 aromatic carbocycles. The molecule has 13 nitrogen and oxygen atoms in total. The Morgan fingerprint density at radius 3 is 2.68 bits per heavy atom. The Morgan fingerprint density at radius 2 is 2.00 bits per heavy atom. The molecule has 0 spiro atoms. The molecule has 34 heavy (non-hydrogen) atoms. The summed E-state index contributed by atoms with van der Waals surface area (Å²) in [7, 11) is -4.74. The molecule has 1 aliphatic carbocycles. The fraction of sp³-hybridized carbons (Fsp3) is 0.579. The molecule has 1 aromatic heterocycles. The van der Waals surface area contributed by atoms with E-state index >= 15 is 0 Å². The monoisotopic (exact) mass is 509 g/mol. The van der Waals surface area contributed by atoms with Crippen molar-refractivity contribution >= 4 is 28.4 Å².